The van der Waals surface area contributed by atoms with Crippen LogP contribution in [0.4, 0.5) is 5.69 Å². The molecule has 2 N–H and O–H groups in total. The molecule has 0 spiro atoms. The Morgan fingerprint density at radius 3 is 2.23 bits per heavy atom. The van der Waals surface area contributed by atoms with Crippen molar-refractivity contribution in [3.8, 4) is 5.75 Å². The lowest BCUT2D eigenvalue weighted by atomic mass is 10.0. The van der Waals surface area contributed by atoms with Gasteiger partial charge in [-0.3, -0.25) is 9.59 Å². The summed E-state index contributed by atoms with van der Waals surface area (Å²) in [4.78, 5) is 28.6. The first-order valence-corrected chi connectivity index (χ1v) is 10.2. The second-order valence-corrected chi connectivity index (χ2v) is 8.11. The first-order chi connectivity index (χ1) is 14.8. The molecule has 1 heterocycles. The highest BCUT2D eigenvalue weighted by molar-refractivity contribution is 6.30. The van der Waals surface area contributed by atoms with E-state index in [2.05, 4.69) is 10.3 Å². The Balaban J connectivity index is 1.46. The Kier molecular flexibility index (Phi) is 5.53. The van der Waals surface area contributed by atoms with E-state index in [4.69, 9.17) is 16.3 Å². The lowest BCUT2D eigenvalue weighted by molar-refractivity contribution is -0.128. The van der Waals surface area contributed by atoms with Gasteiger partial charge in [-0.25, -0.2) is 0 Å². The Morgan fingerprint density at radius 2 is 1.55 bits per heavy atom. The number of rotatable bonds is 6. The molecule has 0 aliphatic carbocycles. The number of anilines is 1. The van der Waals surface area contributed by atoms with Crippen molar-refractivity contribution in [3.63, 3.8) is 0 Å². The molecule has 0 radical (unpaired) electrons. The fraction of sp³-hybridized carbons (Fsp3) is 0.120. The summed E-state index contributed by atoms with van der Waals surface area (Å²) >= 11 is 5.88. The smallest absolute Gasteiger partial charge is 0.268 e. The summed E-state index contributed by atoms with van der Waals surface area (Å²) < 4.78 is 5.93. The average Bonchev–Trinajstić information content (AvgIpc) is 3.24. The molecule has 4 rings (SSSR count). The fourth-order valence-corrected chi connectivity index (χ4v) is 3.37. The number of aromatic nitrogens is 1. The van der Waals surface area contributed by atoms with Crippen molar-refractivity contribution >= 4 is 39.9 Å². The maximum atomic E-state index is 12.9. The van der Waals surface area contributed by atoms with Gasteiger partial charge in [-0.15, -0.1) is 0 Å². The van der Waals surface area contributed by atoms with Gasteiger partial charge in [0.1, 0.15) is 5.75 Å². The molecule has 4 aromatic rings. The molecule has 0 saturated carbocycles. The predicted molar refractivity (Wildman–Crippen MR) is 123 cm³/mol. The summed E-state index contributed by atoms with van der Waals surface area (Å²) in [6, 6.07) is 21.1. The lowest BCUT2D eigenvalue weighted by Crippen LogP contribution is -2.42. The van der Waals surface area contributed by atoms with Crippen LogP contribution in [-0.4, -0.2) is 22.3 Å². The van der Waals surface area contributed by atoms with Crippen LogP contribution in [0.3, 0.4) is 0 Å². The number of ketones is 1. The maximum Gasteiger partial charge on any atom is 0.268 e. The molecule has 0 bridgehead atoms. The second-order valence-electron chi connectivity index (χ2n) is 7.67. The number of fused-ring (bicyclic) bond motifs is 1. The molecule has 156 valence electrons. The van der Waals surface area contributed by atoms with E-state index in [1.165, 1.54) is 0 Å². The van der Waals surface area contributed by atoms with Gasteiger partial charge >= 0.3 is 0 Å². The molecular weight excluding hydrogens is 412 g/mol. The molecule has 0 saturated heterocycles. The number of halogens is 1. The van der Waals surface area contributed by atoms with E-state index in [-0.39, 0.29) is 11.7 Å². The van der Waals surface area contributed by atoms with Crippen LogP contribution >= 0.6 is 11.6 Å². The van der Waals surface area contributed by atoms with Gasteiger partial charge in [-0.2, -0.15) is 0 Å². The van der Waals surface area contributed by atoms with E-state index < -0.39 is 5.60 Å². The monoisotopic (exact) mass is 432 g/mol. The molecule has 5 nitrogen and oxygen atoms in total. The predicted octanol–water partition coefficient (Wildman–Crippen LogP) is 5.85. The van der Waals surface area contributed by atoms with Gasteiger partial charge in [0.2, 0.25) is 0 Å². The van der Waals surface area contributed by atoms with Crippen molar-refractivity contribution in [2.24, 2.45) is 0 Å². The number of aromatic amines is 1. The third-order valence-electron chi connectivity index (χ3n) is 4.98. The van der Waals surface area contributed by atoms with Gasteiger partial charge < -0.3 is 15.0 Å². The van der Waals surface area contributed by atoms with E-state index in [9.17, 15) is 9.59 Å². The number of carbonyl (C=O) groups excluding carboxylic acids is 2. The lowest BCUT2D eigenvalue weighted by Gasteiger charge is -2.25. The van der Waals surface area contributed by atoms with Gasteiger partial charge in [-0.1, -0.05) is 23.7 Å². The normalized spacial score (nSPS) is 11.3. The van der Waals surface area contributed by atoms with E-state index in [0.717, 1.165) is 10.9 Å². The maximum absolute atomic E-state index is 12.9. The average molecular weight is 433 g/mol. The number of carbonyl (C=O) groups is 2. The summed E-state index contributed by atoms with van der Waals surface area (Å²) in [6.45, 7) is 3.40. The number of hydrogen-bond donors (Lipinski definition) is 2. The van der Waals surface area contributed by atoms with Crippen LogP contribution in [0.25, 0.3) is 10.9 Å². The van der Waals surface area contributed by atoms with E-state index in [0.29, 0.717) is 27.6 Å². The summed E-state index contributed by atoms with van der Waals surface area (Å²) in [7, 11) is 0. The third kappa shape index (κ3) is 4.47. The van der Waals surface area contributed by atoms with Gasteiger partial charge in [0, 0.05) is 27.7 Å². The van der Waals surface area contributed by atoms with Crippen LogP contribution in [0, 0.1) is 0 Å². The topological polar surface area (TPSA) is 71.2 Å². The number of hydrogen-bond acceptors (Lipinski definition) is 3. The number of amides is 1. The van der Waals surface area contributed by atoms with Crippen LogP contribution < -0.4 is 10.1 Å². The zero-order chi connectivity index (χ0) is 22.0. The molecule has 6 heteroatoms. The summed E-state index contributed by atoms with van der Waals surface area (Å²) in [5, 5.41) is 4.52. The fourth-order valence-electron chi connectivity index (χ4n) is 3.25. The molecule has 31 heavy (non-hydrogen) atoms. The molecule has 1 amide bonds. The van der Waals surface area contributed by atoms with Crippen molar-refractivity contribution in [2.45, 2.75) is 19.4 Å². The Bertz CT molecular complexity index is 1240. The number of benzene rings is 3. The van der Waals surface area contributed by atoms with Crippen LogP contribution in [0.2, 0.25) is 5.02 Å². The number of ether oxygens (including phenoxy) is 1. The summed E-state index contributed by atoms with van der Waals surface area (Å²) in [5.74, 6) is 0.0982. The number of para-hydroxylation sites is 1. The zero-order valence-corrected chi connectivity index (χ0v) is 17.9. The highest BCUT2D eigenvalue weighted by Crippen LogP contribution is 2.25. The van der Waals surface area contributed by atoms with Crippen molar-refractivity contribution in [3.05, 3.63) is 95.1 Å². The van der Waals surface area contributed by atoms with Gasteiger partial charge in [0.15, 0.2) is 11.4 Å². The Hall–Kier alpha value is -3.57. The summed E-state index contributed by atoms with van der Waals surface area (Å²) in [5.41, 5.74) is 1.49. The highest BCUT2D eigenvalue weighted by atomic mass is 35.5. The molecule has 3 aromatic carbocycles. The van der Waals surface area contributed by atoms with Gasteiger partial charge in [-0.05, 0) is 74.5 Å². The molecule has 0 unspecified atom stereocenters. The number of nitrogens with one attached hydrogen (secondary N) is 2. The van der Waals surface area contributed by atoms with Crippen molar-refractivity contribution in [2.75, 3.05) is 5.32 Å². The van der Waals surface area contributed by atoms with Gasteiger partial charge in [0.25, 0.3) is 5.91 Å². The standard InChI is InChI=1S/C25H21ClN2O3/c1-25(2,24(30)28-21-5-3-4-16-14-15-27-22(16)21)31-20-12-8-18(9-13-20)23(29)17-6-10-19(26)11-7-17/h3-15,27H,1-2H3,(H,28,30). The largest absolute Gasteiger partial charge is 0.478 e. The molecule has 0 fully saturated rings. The Labute approximate surface area is 185 Å². The zero-order valence-electron chi connectivity index (χ0n) is 17.1. The first-order valence-electron chi connectivity index (χ1n) is 9.80. The Morgan fingerprint density at radius 1 is 0.903 bits per heavy atom. The minimum Gasteiger partial charge on any atom is -0.478 e. The van der Waals surface area contributed by atoms with Crippen LogP contribution in [-0.2, 0) is 4.79 Å². The quantitative estimate of drug-likeness (QED) is 0.375. The summed E-state index contributed by atoms with van der Waals surface area (Å²) in [6.07, 6.45) is 1.83. The second kappa shape index (κ2) is 8.28. The van der Waals surface area contributed by atoms with Crippen LogP contribution in [0.5, 0.6) is 5.75 Å². The number of H-pyrrole nitrogens is 1. The van der Waals surface area contributed by atoms with Gasteiger partial charge in [0.05, 0.1) is 11.2 Å². The minimum absolute atomic E-state index is 0.112. The van der Waals surface area contributed by atoms with E-state index in [1.807, 2.05) is 30.5 Å². The molecule has 1 aromatic heterocycles. The minimum atomic E-state index is -1.13. The van der Waals surface area contributed by atoms with Crippen LogP contribution in [0.1, 0.15) is 29.8 Å². The van der Waals surface area contributed by atoms with Crippen molar-refractivity contribution in [1.82, 2.24) is 4.98 Å². The third-order valence-corrected chi connectivity index (χ3v) is 5.23. The van der Waals surface area contributed by atoms with Crippen LogP contribution in [0.15, 0.2) is 79.0 Å². The van der Waals surface area contributed by atoms with Crippen molar-refractivity contribution < 1.29 is 14.3 Å². The highest BCUT2D eigenvalue weighted by Gasteiger charge is 2.30. The molecule has 0 atom stereocenters. The first kappa shape index (κ1) is 20.7. The SMILES string of the molecule is CC(C)(Oc1ccc(C(=O)c2ccc(Cl)cc2)cc1)C(=O)Nc1cccc2cc[nH]c12. The van der Waals surface area contributed by atoms with Crippen molar-refractivity contribution in [1.29, 1.82) is 0 Å². The van der Waals surface area contributed by atoms with E-state index >= 15 is 0 Å². The molecule has 0 aliphatic heterocycles. The molecular formula is C25H21ClN2O3. The van der Waals surface area contributed by atoms with E-state index in [1.54, 1.807) is 62.4 Å². The molecule has 0 aliphatic rings.